The Labute approximate surface area is 239 Å². The van der Waals surface area contributed by atoms with E-state index in [0.29, 0.717) is 34.2 Å². The first kappa shape index (κ1) is 27.5. The lowest BCUT2D eigenvalue weighted by Gasteiger charge is -2.17. The maximum Gasteiger partial charge on any atom is 0.307 e. The van der Waals surface area contributed by atoms with E-state index < -0.39 is 11.7 Å². The minimum atomic E-state index is -0.872. The number of ketones is 1. The first-order valence-corrected chi connectivity index (χ1v) is 13.2. The van der Waals surface area contributed by atoms with Crippen LogP contribution >= 0.6 is 11.8 Å². The number of thioether (sulfide) groups is 1. The minimum absolute atomic E-state index is 0.148. The second-order valence-electron chi connectivity index (χ2n) is 8.54. The van der Waals surface area contributed by atoms with Crippen LogP contribution in [-0.2, 0) is 4.79 Å². The average molecular weight is 573 g/mol. The van der Waals surface area contributed by atoms with Crippen molar-refractivity contribution in [2.75, 3.05) is 32.0 Å². The Bertz CT molecular complexity index is 1650. The smallest absolute Gasteiger partial charge is 0.307 e. The van der Waals surface area contributed by atoms with Gasteiger partial charge < -0.3 is 23.8 Å². The van der Waals surface area contributed by atoms with Crippen molar-refractivity contribution in [1.82, 2.24) is 5.27 Å². The monoisotopic (exact) mass is 572 g/mol. The molecule has 0 unspecified atom stereocenters. The largest absolute Gasteiger partial charge is 0.539 e. The molecule has 0 fully saturated rings. The molecule has 2 heterocycles. The molecule has 0 N–H and O–H groups in total. The summed E-state index contributed by atoms with van der Waals surface area (Å²) in [5.41, 5.74) is 1.54. The molecule has 3 aromatic carbocycles. The molecule has 41 heavy (non-hydrogen) atoms. The lowest BCUT2D eigenvalue weighted by Crippen LogP contribution is -2.39. The van der Waals surface area contributed by atoms with Gasteiger partial charge in [-0.15, -0.1) is 0 Å². The number of hydrogen-bond acceptors (Lipinski definition) is 10. The summed E-state index contributed by atoms with van der Waals surface area (Å²) < 4.78 is 21.8. The van der Waals surface area contributed by atoms with Crippen molar-refractivity contribution in [1.29, 1.82) is 0 Å². The molecular weight excluding hydrogens is 548 g/mol. The number of amidine groups is 1. The van der Waals surface area contributed by atoms with E-state index in [1.807, 2.05) is 6.07 Å². The number of amides is 1. The molecule has 0 saturated heterocycles. The highest BCUT2D eigenvalue weighted by molar-refractivity contribution is 8.14. The molecule has 1 aliphatic rings. The highest BCUT2D eigenvalue weighted by Gasteiger charge is 2.34. The molecule has 4 aromatic rings. The standard InChI is InChI=1S/C29H24N4O7S/c1-37-21-13-10-20(11-14-21)33-26(28(36)40-31-33)24(34)17-41-29-30-23(27(35)32(29)19-7-5-4-6-8-19)15-18-9-12-22(38-2)16-25(18)39-3/h4-16H,17H2,1-3H3/b23-15+. The number of ether oxygens (including phenoxy) is 3. The van der Waals surface area contributed by atoms with E-state index in [2.05, 4.69) is 10.3 Å². The number of aromatic nitrogens is 2. The maximum atomic E-state index is 13.6. The van der Waals surface area contributed by atoms with Gasteiger partial charge >= 0.3 is 5.69 Å². The second kappa shape index (κ2) is 12.0. The van der Waals surface area contributed by atoms with Crippen molar-refractivity contribution in [3.05, 3.63) is 89.8 Å². The predicted octanol–water partition coefficient (Wildman–Crippen LogP) is 3.41. The average Bonchev–Trinajstić information content (AvgIpc) is 3.55. The van der Waals surface area contributed by atoms with Gasteiger partial charge in [0, 0.05) is 23.8 Å². The van der Waals surface area contributed by atoms with Crippen LogP contribution in [0.15, 0.2) is 88.0 Å². The molecule has 0 atom stereocenters. The quantitative estimate of drug-likeness (QED) is 0.168. The number of carbonyl (C=O) groups excluding carboxylic acids is 2. The third-order valence-corrected chi connectivity index (χ3v) is 7.04. The van der Waals surface area contributed by atoms with Crippen LogP contribution in [0.25, 0.3) is 11.8 Å². The number of carbonyl (C=O) groups is 2. The van der Waals surface area contributed by atoms with Crippen molar-refractivity contribution in [2.24, 2.45) is 4.99 Å². The van der Waals surface area contributed by atoms with E-state index in [9.17, 15) is 14.7 Å². The number of rotatable bonds is 9. The molecule has 0 radical (unpaired) electrons. The van der Waals surface area contributed by atoms with Gasteiger partial charge in [-0.05, 0) is 47.2 Å². The predicted molar refractivity (Wildman–Crippen MR) is 150 cm³/mol. The van der Waals surface area contributed by atoms with Crippen molar-refractivity contribution in [2.45, 2.75) is 0 Å². The zero-order chi connectivity index (χ0) is 28.9. The van der Waals surface area contributed by atoms with Crippen molar-refractivity contribution < 1.29 is 38.1 Å². The number of anilines is 1. The Morgan fingerprint density at radius 3 is 2.39 bits per heavy atom. The summed E-state index contributed by atoms with van der Waals surface area (Å²) in [6.07, 6.45) is 1.61. The van der Waals surface area contributed by atoms with Gasteiger partial charge in [0.2, 0.25) is 11.5 Å². The van der Waals surface area contributed by atoms with Gasteiger partial charge in [-0.1, -0.05) is 30.0 Å². The Hall–Kier alpha value is -5.10. The number of Topliss-reactive ketones (excluding diaryl/α,β-unsaturated/α-hetero) is 1. The van der Waals surface area contributed by atoms with Gasteiger partial charge in [0.15, 0.2) is 11.1 Å². The zero-order valence-electron chi connectivity index (χ0n) is 22.3. The summed E-state index contributed by atoms with van der Waals surface area (Å²) in [6.45, 7) is 0. The van der Waals surface area contributed by atoms with Crippen LogP contribution in [0.2, 0.25) is 0 Å². The van der Waals surface area contributed by atoms with Gasteiger partial charge in [0.05, 0.1) is 38.0 Å². The summed E-state index contributed by atoms with van der Waals surface area (Å²) in [4.78, 5) is 32.8. The van der Waals surface area contributed by atoms with Crippen LogP contribution < -0.4 is 28.9 Å². The summed E-state index contributed by atoms with van der Waals surface area (Å²) in [5.74, 6) is -0.305. The summed E-state index contributed by atoms with van der Waals surface area (Å²) in [6, 6.07) is 20.8. The molecule has 0 spiro atoms. The Balaban J connectivity index is 1.45. The SMILES string of the molecule is COc1ccc(-[n+]2noc([O-])c2C(=O)CSC2=N/C(=C/c3ccc(OC)cc3OC)C(=O)N2c2ccccc2)cc1. The van der Waals surface area contributed by atoms with Gasteiger partial charge in [-0.2, -0.15) is 0 Å². The van der Waals surface area contributed by atoms with Gasteiger partial charge in [-0.25, -0.2) is 4.99 Å². The maximum absolute atomic E-state index is 13.6. The number of methoxy groups -OCH3 is 3. The van der Waals surface area contributed by atoms with E-state index in [-0.39, 0.29) is 28.2 Å². The van der Waals surface area contributed by atoms with E-state index in [1.54, 1.807) is 79.9 Å². The summed E-state index contributed by atoms with van der Waals surface area (Å²) in [7, 11) is 4.60. The second-order valence-corrected chi connectivity index (χ2v) is 9.48. The molecule has 11 nitrogen and oxygen atoms in total. The topological polar surface area (TPSA) is 130 Å². The van der Waals surface area contributed by atoms with Gasteiger partial charge in [-0.3, -0.25) is 14.5 Å². The fraction of sp³-hybridized carbons (Fsp3) is 0.138. The van der Waals surface area contributed by atoms with E-state index >= 15 is 0 Å². The normalized spacial score (nSPS) is 13.8. The van der Waals surface area contributed by atoms with Crippen LogP contribution in [0.4, 0.5) is 5.69 Å². The third kappa shape index (κ3) is 5.63. The van der Waals surface area contributed by atoms with Gasteiger partial charge in [0.25, 0.3) is 5.91 Å². The van der Waals surface area contributed by atoms with Crippen LogP contribution in [0, 0.1) is 0 Å². The molecule has 0 aliphatic carbocycles. The van der Waals surface area contributed by atoms with Crippen LogP contribution in [0.3, 0.4) is 0 Å². The Kier molecular flexibility index (Phi) is 8.01. The number of para-hydroxylation sites is 1. The first-order valence-electron chi connectivity index (χ1n) is 12.2. The number of benzene rings is 3. The zero-order valence-corrected chi connectivity index (χ0v) is 23.1. The van der Waals surface area contributed by atoms with Crippen LogP contribution in [0.5, 0.6) is 23.2 Å². The molecule has 1 amide bonds. The van der Waals surface area contributed by atoms with Crippen LogP contribution in [-0.4, -0.2) is 49.2 Å². The first-order chi connectivity index (χ1) is 19.9. The highest BCUT2D eigenvalue weighted by Crippen LogP contribution is 2.32. The molecule has 1 aliphatic heterocycles. The Morgan fingerprint density at radius 1 is 1.00 bits per heavy atom. The lowest BCUT2D eigenvalue weighted by atomic mass is 10.1. The highest BCUT2D eigenvalue weighted by atomic mass is 32.2. The molecule has 1 aromatic heterocycles. The summed E-state index contributed by atoms with van der Waals surface area (Å²) >= 11 is 1.02. The van der Waals surface area contributed by atoms with E-state index in [4.69, 9.17) is 18.7 Å². The molecule has 5 rings (SSSR count). The third-order valence-electron chi connectivity index (χ3n) is 6.10. The molecule has 12 heteroatoms. The lowest BCUT2D eigenvalue weighted by molar-refractivity contribution is -0.672. The molecule has 208 valence electrons. The van der Waals surface area contributed by atoms with Gasteiger partial charge in [0.1, 0.15) is 22.9 Å². The van der Waals surface area contributed by atoms with E-state index in [0.717, 1.165) is 16.4 Å². The number of nitrogens with zero attached hydrogens (tertiary/aromatic N) is 4. The molecular formula is C29H24N4O7S. The molecule has 0 bridgehead atoms. The van der Waals surface area contributed by atoms with E-state index in [1.165, 1.54) is 19.1 Å². The summed E-state index contributed by atoms with van der Waals surface area (Å²) in [5, 5.41) is 16.5. The number of hydrogen-bond donors (Lipinski definition) is 0. The minimum Gasteiger partial charge on any atom is -0.539 e. The van der Waals surface area contributed by atoms with Crippen molar-refractivity contribution in [3.8, 4) is 28.9 Å². The fourth-order valence-corrected chi connectivity index (χ4v) is 4.94. The van der Waals surface area contributed by atoms with Crippen molar-refractivity contribution >= 4 is 40.4 Å². The van der Waals surface area contributed by atoms with Crippen LogP contribution in [0.1, 0.15) is 16.1 Å². The van der Waals surface area contributed by atoms with Crippen molar-refractivity contribution in [3.63, 3.8) is 0 Å². The fourth-order valence-electron chi connectivity index (χ4n) is 4.06. The Morgan fingerprint density at radius 2 is 1.71 bits per heavy atom. The number of aliphatic imine (C=N–C) groups is 1. The molecule has 0 saturated carbocycles.